The summed E-state index contributed by atoms with van der Waals surface area (Å²) in [5.41, 5.74) is 2.20. The normalized spacial score (nSPS) is 12.2. The molecule has 0 saturated carbocycles. The molecule has 1 amide bonds. The number of carbonyl (C=O) groups is 2. The third-order valence-electron chi connectivity index (χ3n) is 3.92. The first-order valence-corrected chi connectivity index (χ1v) is 8.74. The van der Waals surface area contributed by atoms with Crippen molar-refractivity contribution in [3.05, 3.63) is 77.2 Å². The Kier molecular flexibility index (Phi) is 5.88. The number of pyridine rings is 1. The van der Waals surface area contributed by atoms with Crippen molar-refractivity contribution in [1.29, 1.82) is 0 Å². The van der Waals surface area contributed by atoms with E-state index in [2.05, 4.69) is 10.3 Å². The zero-order chi connectivity index (χ0) is 19.2. The second kappa shape index (κ2) is 8.51. The molecule has 2 aromatic heterocycles. The maximum atomic E-state index is 11.9. The number of benzene rings is 1. The quantitative estimate of drug-likeness (QED) is 0.523. The highest BCUT2D eigenvalue weighted by Crippen LogP contribution is 2.18. The maximum absolute atomic E-state index is 11.9. The van der Waals surface area contributed by atoms with Gasteiger partial charge in [0.2, 0.25) is 0 Å². The highest BCUT2D eigenvalue weighted by molar-refractivity contribution is 6.31. The van der Waals surface area contributed by atoms with Crippen molar-refractivity contribution in [2.45, 2.75) is 13.0 Å². The first-order chi connectivity index (χ1) is 13.0. The lowest BCUT2D eigenvalue weighted by atomic mass is 10.1. The average Bonchev–Trinajstić information content (AvgIpc) is 3.00. The maximum Gasteiger partial charge on any atom is 0.331 e. The lowest BCUT2D eigenvalue weighted by Crippen LogP contribution is -2.30. The molecule has 0 spiro atoms. The average molecular weight is 384 g/mol. The van der Waals surface area contributed by atoms with Crippen LogP contribution in [0.15, 0.2) is 60.8 Å². The fraction of sp³-hybridized carbons (Fsp3) is 0.150. The van der Waals surface area contributed by atoms with Gasteiger partial charge in [0, 0.05) is 12.3 Å². The summed E-state index contributed by atoms with van der Waals surface area (Å²) in [5, 5.41) is 3.06. The number of esters is 1. The largest absolute Gasteiger partial charge is 0.452 e. The van der Waals surface area contributed by atoms with Crippen LogP contribution in [-0.2, 0) is 14.3 Å². The third kappa shape index (κ3) is 4.74. The summed E-state index contributed by atoms with van der Waals surface area (Å²) in [6, 6.07) is 14.8. The number of aromatic nitrogens is 2. The van der Waals surface area contributed by atoms with Gasteiger partial charge in [-0.25, -0.2) is 9.78 Å². The molecule has 0 aliphatic carbocycles. The molecule has 0 aliphatic heterocycles. The number of rotatable bonds is 6. The van der Waals surface area contributed by atoms with Gasteiger partial charge in [0.1, 0.15) is 5.65 Å². The van der Waals surface area contributed by atoms with E-state index in [0.717, 1.165) is 5.56 Å². The molecule has 0 aliphatic rings. The van der Waals surface area contributed by atoms with Crippen molar-refractivity contribution in [1.82, 2.24) is 14.7 Å². The van der Waals surface area contributed by atoms with Crippen LogP contribution in [0.1, 0.15) is 24.2 Å². The Hall–Kier alpha value is -3.12. The molecule has 6 nitrogen and oxygen atoms in total. The van der Waals surface area contributed by atoms with E-state index >= 15 is 0 Å². The van der Waals surface area contributed by atoms with E-state index in [-0.39, 0.29) is 23.7 Å². The van der Waals surface area contributed by atoms with Crippen molar-refractivity contribution >= 4 is 35.2 Å². The summed E-state index contributed by atoms with van der Waals surface area (Å²) >= 11 is 6.09. The van der Waals surface area contributed by atoms with E-state index in [0.29, 0.717) is 11.3 Å². The highest BCUT2D eigenvalue weighted by Gasteiger charge is 2.11. The molecule has 0 fully saturated rings. The van der Waals surface area contributed by atoms with Crippen LogP contribution in [0.3, 0.4) is 0 Å². The Morgan fingerprint density at radius 1 is 1.22 bits per heavy atom. The molecule has 1 atom stereocenters. The molecule has 138 valence electrons. The molecule has 27 heavy (non-hydrogen) atoms. The van der Waals surface area contributed by atoms with Crippen LogP contribution in [0.4, 0.5) is 0 Å². The Bertz CT molecular complexity index is 983. The molecular weight excluding hydrogens is 366 g/mol. The number of hydrogen-bond acceptors (Lipinski definition) is 4. The first-order valence-electron chi connectivity index (χ1n) is 8.36. The van der Waals surface area contributed by atoms with Gasteiger partial charge in [-0.15, -0.1) is 0 Å². The number of ether oxygens (including phenoxy) is 1. The summed E-state index contributed by atoms with van der Waals surface area (Å²) in [6.45, 7) is 1.50. The minimum Gasteiger partial charge on any atom is -0.452 e. The van der Waals surface area contributed by atoms with Crippen LogP contribution in [0.25, 0.3) is 11.7 Å². The molecule has 3 aromatic rings. The molecule has 2 heterocycles. The third-order valence-corrected chi connectivity index (χ3v) is 4.20. The standard InChI is InChI=1S/C20H18ClN3O3/c1-14(15-7-3-2-4-8-15)22-18(25)13-27-19(26)11-10-16-20(21)23-17-9-5-6-12-24(16)17/h2-12,14H,13H2,1H3,(H,22,25)/b11-10+/t14-/m1/s1. The monoisotopic (exact) mass is 383 g/mol. The Morgan fingerprint density at radius 3 is 2.74 bits per heavy atom. The van der Waals surface area contributed by atoms with Gasteiger partial charge in [-0.3, -0.25) is 9.20 Å². The van der Waals surface area contributed by atoms with Gasteiger partial charge in [-0.05, 0) is 30.7 Å². The number of nitrogens with one attached hydrogen (secondary N) is 1. The number of hydrogen-bond donors (Lipinski definition) is 1. The number of halogens is 1. The Balaban J connectivity index is 1.54. The lowest BCUT2D eigenvalue weighted by molar-refractivity contribution is -0.144. The number of nitrogens with zero attached hydrogens (tertiary/aromatic N) is 2. The van der Waals surface area contributed by atoms with Gasteiger partial charge in [-0.1, -0.05) is 48.0 Å². The van der Waals surface area contributed by atoms with Gasteiger partial charge in [0.05, 0.1) is 11.7 Å². The van der Waals surface area contributed by atoms with Crippen molar-refractivity contribution in [3.63, 3.8) is 0 Å². The highest BCUT2D eigenvalue weighted by atomic mass is 35.5. The molecule has 0 bridgehead atoms. The van der Waals surface area contributed by atoms with Gasteiger partial charge in [0.25, 0.3) is 5.91 Å². The van der Waals surface area contributed by atoms with E-state index in [9.17, 15) is 9.59 Å². The van der Waals surface area contributed by atoms with Crippen molar-refractivity contribution in [2.24, 2.45) is 0 Å². The topological polar surface area (TPSA) is 72.7 Å². The van der Waals surface area contributed by atoms with Crippen molar-refractivity contribution < 1.29 is 14.3 Å². The van der Waals surface area contributed by atoms with Crippen molar-refractivity contribution in [2.75, 3.05) is 6.61 Å². The van der Waals surface area contributed by atoms with Crippen LogP contribution in [0.2, 0.25) is 5.15 Å². The Morgan fingerprint density at radius 2 is 1.96 bits per heavy atom. The summed E-state index contributed by atoms with van der Waals surface area (Å²) in [4.78, 5) is 28.0. The fourth-order valence-corrected chi connectivity index (χ4v) is 2.82. The van der Waals surface area contributed by atoms with Crippen molar-refractivity contribution in [3.8, 4) is 0 Å². The van der Waals surface area contributed by atoms with Crippen LogP contribution < -0.4 is 5.32 Å². The van der Waals surface area contributed by atoms with Crippen LogP contribution >= 0.6 is 11.6 Å². The molecule has 1 aromatic carbocycles. The summed E-state index contributed by atoms with van der Waals surface area (Å²) in [6.07, 6.45) is 4.52. The lowest BCUT2D eigenvalue weighted by Gasteiger charge is -2.13. The van der Waals surface area contributed by atoms with E-state index in [1.807, 2.05) is 49.4 Å². The van der Waals surface area contributed by atoms with E-state index in [1.165, 1.54) is 12.2 Å². The van der Waals surface area contributed by atoms with E-state index in [4.69, 9.17) is 16.3 Å². The number of carbonyl (C=O) groups excluding carboxylic acids is 2. The second-order valence-electron chi connectivity index (χ2n) is 5.86. The number of fused-ring (bicyclic) bond motifs is 1. The predicted molar refractivity (Wildman–Crippen MR) is 103 cm³/mol. The molecule has 0 radical (unpaired) electrons. The summed E-state index contributed by atoms with van der Waals surface area (Å²) in [7, 11) is 0. The summed E-state index contributed by atoms with van der Waals surface area (Å²) in [5.74, 6) is -1.01. The predicted octanol–water partition coefficient (Wildman–Crippen LogP) is 3.42. The minimum absolute atomic E-state index is 0.176. The smallest absolute Gasteiger partial charge is 0.331 e. The second-order valence-corrected chi connectivity index (χ2v) is 6.22. The fourth-order valence-electron chi connectivity index (χ4n) is 2.58. The molecular formula is C20H18ClN3O3. The first kappa shape index (κ1) is 18.7. The van der Waals surface area contributed by atoms with E-state index in [1.54, 1.807) is 16.7 Å². The summed E-state index contributed by atoms with van der Waals surface area (Å²) < 4.78 is 6.73. The Labute approximate surface area is 161 Å². The zero-order valence-electron chi connectivity index (χ0n) is 14.6. The molecule has 1 N–H and O–H groups in total. The molecule has 0 unspecified atom stereocenters. The van der Waals surface area contributed by atoms with Gasteiger partial charge >= 0.3 is 5.97 Å². The minimum atomic E-state index is -0.639. The number of imidazole rings is 1. The van der Waals surface area contributed by atoms with Gasteiger partial charge in [-0.2, -0.15) is 0 Å². The van der Waals surface area contributed by atoms with Gasteiger partial charge in [0.15, 0.2) is 11.8 Å². The van der Waals surface area contributed by atoms with Crippen LogP contribution in [0.5, 0.6) is 0 Å². The van der Waals surface area contributed by atoms with Crippen LogP contribution in [-0.4, -0.2) is 27.9 Å². The van der Waals surface area contributed by atoms with E-state index < -0.39 is 5.97 Å². The molecule has 0 saturated heterocycles. The van der Waals surface area contributed by atoms with Gasteiger partial charge < -0.3 is 10.1 Å². The SMILES string of the molecule is C[C@@H](NC(=O)COC(=O)/C=C/c1c(Cl)nc2ccccn12)c1ccccc1. The van der Waals surface area contributed by atoms with Crippen LogP contribution in [0, 0.1) is 0 Å². The zero-order valence-corrected chi connectivity index (χ0v) is 15.4. The number of amides is 1. The molecule has 7 heteroatoms. The molecule has 3 rings (SSSR count).